The molecule has 0 saturated carbocycles. The van der Waals surface area contributed by atoms with Crippen LogP contribution in [0.15, 0.2) is 10.8 Å². The quantitative estimate of drug-likeness (QED) is 0.694. The van der Waals surface area contributed by atoms with Gasteiger partial charge in [0.25, 0.3) is 5.91 Å². The number of nitrogens with zero attached hydrogens (tertiary/aromatic N) is 1. The highest BCUT2D eigenvalue weighted by Gasteiger charge is 2.12. The van der Waals surface area contributed by atoms with Crippen LogP contribution in [-0.4, -0.2) is 23.7 Å². The Morgan fingerprint density at radius 3 is 3.00 bits per heavy atom. The highest BCUT2D eigenvalue weighted by molar-refractivity contribution is 5.93. The van der Waals surface area contributed by atoms with Crippen LogP contribution in [0.2, 0.25) is 0 Å². The second-order valence-electron chi connectivity index (χ2n) is 3.03. The smallest absolute Gasteiger partial charge is 0.273 e. The number of nitrogens with two attached hydrogens (primary N) is 1. The number of aromatic nitrogens is 1. The fourth-order valence-electron chi connectivity index (χ4n) is 0.844. The zero-order valence-electron chi connectivity index (χ0n) is 7.70. The maximum atomic E-state index is 11.3. The van der Waals surface area contributed by atoms with E-state index in [0.29, 0.717) is 12.2 Å². The predicted molar refractivity (Wildman–Crippen MR) is 47.2 cm³/mol. The molecule has 0 fully saturated rings. The van der Waals surface area contributed by atoms with Gasteiger partial charge in [-0.05, 0) is 13.8 Å². The molecule has 0 bridgehead atoms. The van der Waals surface area contributed by atoms with Gasteiger partial charge >= 0.3 is 0 Å². The number of carbonyl (C=O) groups is 1. The summed E-state index contributed by atoms with van der Waals surface area (Å²) in [6, 6.07) is -0.0591. The molecule has 0 radical (unpaired) electrons. The zero-order chi connectivity index (χ0) is 9.84. The number of aryl methyl sites for hydroxylation is 1. The van der Waals surface area contributed by atoms with Crippen LogP contribution in [-0.2, 0) is 0 Å². The van der Waals surface area contributed by atoms with E-state index >= 15 is 0 Å². The Morgan fingerprint density at radius 1 is 1.85 bits per heavy atom. The Morgan fingerprint density at radius 2 is 2.54 bits per heavy atom. The lowest BCUT2D eigenvalue weighted by Crippen LogP contribution is -2.35. The molecule has 5 heteroatoms. The average Bonchev–Trinajstić information content (AvgIpc) is 2.47. The first kappa shape index (κ1) is 9.73. The summed E-state index contributed by atoms with van der Waals surface area (Å²) in [5.41, 5.74) is 6.52. The summed E-state index contributed by atoms with van der Waals surface area (Å²) in [4.78, 5) is 11.3. The van der Waals surface area contributed by atoms with Crippen molar-refractivity contribution in [2.24, 2.45) is 5.73 Å². The van der Waals surface area contributed by atoms with E-state index in [1.165, 1.54) is 6.26 Å². The third kappa shape index (κ3) is 2.55. The van der Waals surface area contributed by atoms with Crippen molar-refractivity contribution in [1.82, 2.24) is 10.5 Å². The van der Waals surface area contributed by atoms with Crippen molar-refractivity contribution >= 4 is 5.91 Å². The molecule has 0 aromatic carbocycles. The SMILES string of the molecule is Cc1conc1C(=O)NCC(C)N. The molecule has 1 atom stereocenters. The number of nitrogens with one attached hydrogen (secondary N) is 1. The normalized spacial score (nSPS) is 12.5. The summed E-state index contributed by atoms with van der Waals surface area (Å²) in [6.45, 7) is 4.01. The Balaban J connectivity index is 2.54. The number of amides is 1. The fourth-order valence-corrected chi connectivity index (χ4v) is 0.844. The molecule has 1 amide bonds. The van der Waals surface area contributed by atoms with Crippen LogP contribution in [0.1, 0.15) is 23.0 Å². The van der Waals surface area contributed by atoms with Gasteiger partial charge in [-0.1, -0.05) is 5.16 Å². The molecule has 0 aliphatic heterocycles. The van der Waals surface area contributed by atoms with Crippen LogP contribution >= 0.6 is 0 Å². The molecule has 1 unspecified atom stereocenters. The molecule has 1 aromatic rings. The maximum absolute atomic E-state index is 11.3. The number of hydrogen-bond donors (Lipinski definition) is 2. The van der Waals surface area contributed by atoms with Crippen LogP contribution < -0.4 is 11.1 Å². The van der Waals surface area contributed by atoms with Crippen molar-refractivity contribution in [3.8, 4) is 0 Å². The van der Waals surface area contributed by atoms with Gasteiger partial charge in [-0.15, -0.1) is 0 Å². The van der Waals surface area contributed by atoms with Gasteiger partial charge in [0.05, 0.1) is 0 Å². The maximum Gasteiger partial charge on any atom is 0.273 e. The Bertz CT molecular complexity index is 293. The van der Waals surface area contributed by atoms with Crippen LogP contribution in [0.3, 0.4) is 0 Å². The fraction of sp³-hybridized carbons (Fsp3) is 0.500. The Kier molecular flexibility index (Phi) is 3.02. The molecule has 1 heterocycles. The van der Waals surface area contributed by atoms with Crippen LogP contribution in [0.25, 0.3) is 0 Å². The lowest BCUT2D eigenvalue weighted by atomic mass is 10.2. The molecule has 3 N–H and O–H groups in total. The molecule has 1 aromatic heterocycles. The van der Waals surface area contributed by atoms with Crippen molar-refractivity contribution in [1.29, 1.82) is 0 Å². The molecular weight excluding hydrogens is 170 g/mol. The van der Waals surface area contributed by atoms with Gasteiger partial charge < -0.3 is 15.6 Å². The Hall–Kier alpha value is -1.36. The van der Waals surface area contributed by atoms with Gasteiger partial charge in [-0.3, -0.25) is 4.79 Å². The first-order chi connectivity index (χ1) is 6.11. The third-order valence-electron chi connectivity index (χ3n) is 1.55. The zero-order valence-corrected chi connectivity index (χ0v) is 7.70. The lowest BCUT2D eigenvalue weighted by molar-refractivity contribution is 0.0942. The van der Waals surface area contributed by atoms with E-state index in [1.54, 1.807) is 6.92 Å². The van der Waals surface area contributed by atoms with E-state index in [0.717, 1.165) is 5.56 Å². The third-order valence-corrected chi connectivity index (χ3v) is 1.55. The highest BCUT2D eigenvalue weighted by Crippen LogP contribution is 2.03. The van der Waals surface area contributed by atoms with E-state index in [9.17, 15) is 4.79 Å². The van der Waals surface area contributed by atoms with Crippen molar-refractivity contribution in [3.63, 3.8) is 0 Å². The second-order valence-corrected chi connectivity index (χ2v) is 3.03. The molecule has 0 spiro atoms. The standard InChI is InChI=1S/C8H13N3O2/c1-5-4-13-11-7(5)8(12)10-3-6(2)9/h4,6H,3,9H2,1-2H3,(H,10,12). The van der Waals surface area contributed by atoms with Gasteiger partial charge in [0.2, 0.25) is 0 Å². The van der Waals surface area contributed by atoms with E-state index in [2.05, 4.69) is 15.0 Å². The van der Waals surface area contributed by atoms with Crippen molar-refractivity contribution in [3.05, 3.63) is 17.5 Å². The van der Waals surface area contributed by atoms with E-state index in [4.69, 9.17) is 5.73 Å². The summed E-state index contributed by atoms with van der Waals surface area (Å²) in [5.74, 6) is -0.247. The van der Waals surface area contributed by atoms with Gasteiger partial charge in [0.15, 0.2) is 5.69 Å². The van der Waals surface area contributed by atoms with Crippen LogP contribution in [0.5, 0.6) is 0 Å². The van der Waals surface area contributed by atoms with Crippen LogP contribution in [0.4, 0.5) is 0 Å². The van der Waals surface area contributed by atoms with Crippen LogP contribution in [0, 0.1) is 6.92 Å². The molecule has 0 aliphatic carbocycles. The molecule has 1 rings (SSSR count). The number of carbonyl (C=O) groups excluding carboxylic acids is 1. The molecule has 0 aliphatic rings. The minimum absolute atomic E-state index is 0.0591. The average molecular weight is 183 g/mol. The van der Waals surface area contributed by atoms with E-state index in [-0.39, 0.29) is 11.9 Å². The van der Waals surface area contributed by atoms with Gasteiger partial charge in [0, 0.05) is 18.2 Å². The Labute approximate surface area is 76.3 Å². The van der Waals surface area contributed by atoms with Crippen molar-refractivity contribution in [2.45, 2.75) is 19.9 Å². The second kappa shape index (κ2) is 4.04. The minimum atomic E-state index is -0.247. The minimum Gasteiger partial charge on any atom is -0.364 e. The summed E-state index contributed by atoms with van der Waals surface area (Å²) in [6.07, 6.45) is 1.43. The summed E-state index contributed by atoms with van der Waals surface area (Å²) >= 11 is 0. The number of hydrogen-bond acceptors (Lipinski definition) is 4. The first-order valence-electron chi connectivity index (χ1n) is 4.06. The molecule has 13 heavy (non-hydrogen) atoms. The van der Waals surface area contributed by atoms with E-state index in [1.807, 2.05) is 6.92 Å². The number of rotatable bonds is 3. The summed E-state index contributed by atoms with van der Waals surface area (Å²) < 4.78 is 4.63. The molecule has 72 valence electrons. The van der Waals surface area contributed by atoms with Crippen molar-refractivity contribution in [2.75, 3.05) is 6.54 Å². The molecule has 5 nitrogen and oxygen atoms in total. The van der Waals surface area contributed by atoms with E-state index < -0.39 is 0 Å². The predicted octanol–water partition coefficient (Wildman–Crippen LogP) is 0.0600. The highest BCUT2D eigenvalue weighted by atomic mass is 16.5. The largest absolute Gasteiger partial charge is 0.364 e. The van der Waals surface area contributed by atoms with Gasteiger partial charge in [-0.2, -0.15) is 0 Å². The molecule has 0 saturated heterocycles. The summed E-state index contributed by atoms with van der Waals surface area (Å²) in [5, 5.41) is 6.20. The topological polar surface area (TPSA) is 81.2 Å². The van der Waals surface area contributed by atoms with Gasteiger partial charge in [0.1, 0.15) is 6.26 Å². The lowest BCUT2D eigenvalue weighted by Gasteiger charge is -2.05. The first-order valence-corrected chi connectivity index (χ1v) is 4.06. The monoisotopic (exact) mass is 183 g/mol. The summed E-state index contributed by atoms with van der Waals surface area (Å²) in [7, 11) is 0. The van der Waals surface area contributed by atoms with Gasteiger partial charge in [-0.25, -0.2) is 0 Å². The molecular formula is C8H13N3O2. The van der Waals surface area contributed by atoms with Crippen molar-refractivity contribution < 1.29 is 9.32 Å².